The van der Waals surface area contributed by atoms with Gasteiger partial charge >= 0.3 is 0 Å². The van der Waals surface area contributed by atoms with Crippen molar-refractivity contribution in [1.82, 2.24) is 9.88 Å². The lowest BCUT2D eigenvalue weighted by atomic mass is 10.2. The molecule has 1 aromatic heterocycles. The molecule has 0 saturated carbocycles. The van der Waals surface area contributed by atoms with Crippen molar-refractivity contribution in [3.63, 3.8) is 0 Å². The second-order valence-electron chi connectivity index (χ2n) is 4.98. The van der Waals surface area contributed by atoms with E-state index >= 15 is 0 Å². The molecule has 6 heteroatoms. The first kappa shape index (κ1) is 12.6. The Morgan fingerprint density at radius 3 is 3.11 bits per heavy atom. The average Bonchev–Trinajstić information content (AvgIpc) is 3.05. The van der Waals surface area contributed by atoms with Crippen molar-refractivity contribution in [3.05, 3.63) is 21.8 Å². The van der Waals surface area contributed by atoms with Crippen LogP contribution in [0.4, 0.5) is 0 Å². The van der Waals surface area contributed by atoms with E-state index in [1.165, 1.54) is 11.3 Å². The lowest BCUT2D eigenvalue weighted by Gasteiger charge is -2.21. The van der Waals surface area contributed by atoms with Gasteiger partial charge in [0.1, 0.15) is 16.6 Å². The normalized spacial score (nSPS) is 23.7. The summed E-state index contributed by atoms with van der Waals surface area (Å²) in [7, 11) is 0. The van der Waals surface area contributed by atoms with Crippen LogP contribution in [0, 0.1) is 12.3 Å². The molecule has 19 heavy (non-hydrogen) atoms. The Balaban J connectivity index is 1.75. The second kappa shape index (κ2) is 4.94. The second-order valence-corrected chi connectivity index (χ2v) is 5.84. The molecule has 1 aromatic rings. The van der Waals surface area contributed by atoms with Gasteiger partial charge < -0.3 is 14.7 Å². The molecule has 102 valence electrons. The molecule has 0 amide bonds. The molecule has 0 aliphatic carbocycles. The lowest BCUT2D eigenvalue weighted by Crippen LogP contribution is -2.34. The first-order valence-corrected chi connectivity index (χ1v) is 7.33. The Hall–Kier alpha value is -1.40. The zero-order chi connectivity index (χ0) is 13.4. The van der Waals surface area contributed by atoms with Gasteiger partial charge in [-0.1, -0.05) is 0 Å². The minimum absolute atomic E-state index is 0.186. The number of nitrogens with zero attached hydrogens (tertiary/aromatic N) is 2. The number of ether oxygens (including phenoxy) is 1. The summed E-state index contributed by atoms with van der Waals surface area (Å²) in [5, 5.41) is 21.0. The monoisotopic (exact) mass is 279 g/mol. The van der Waals surface area contributed by atoms with Crippen LogP contribution in [0.25, 0.3) is 5.57 Å². The SMILES string of the molecule is Cc1csc(C2=C(O)CN(C[C@H]3CCCO3)C2=N)n1. The van der Waals surface area contributed by atoms with Crippen LogP contribution in [0.2, 0.25) is 0 Å². The Morgan fingerprint density at radius 1 is 1.63 bits per heavy atom. The van der Waals surface area contributed by atoms with Crippen LogP contribution < -0.4 is 0 Å². The molecule has 2 N–H and O–H groups in total. The van der Waals surface area contributed by atoms with Crippen molar-refractivity contribution in [2.24, 2.45) is 0 Å². The summed E-state index contributed by atoms with van der Waals surface area (Å²) in [6.07, 6.45) is 2.31. The minimum Gasteiger partial charge on any atom is -0.510 e. The third kappa shape index (κ3) is 2.37. The van der Waals surface area contributed by atoms with Crippen molar-refractivity contribution in [3.8, 4) is 0 Å². The van der Waals surface area contributed by atoms with E-state index in [4.69, 9.17) is 10.1 Å². The van der Waals surface area contributed by atoms with Gasteiger partial charge in [-0.15, -0.1) is 11.3 Å². The van der Waals surface area contributed by atoms with Crippen molar-refractivity contribution >= 4 is 22.7 Å². The zero-order valence-corrected chi connectivity index (χ0v) is 11.7. The fourth-order valence-corrected chi connectivity index (χ4v) is 3.38. The van der Waals surface area contributed by atoms with Crippen LogP contribution in [0.15, 0.2) is 11.1 Å². The molecule has 1 saturated heterocycles. The van der Waals surface area contributed by atoms with Crippen molar-refractivity contribution < 1.29 is 9.84 Å². The molecule has 0 unspecified atom stereocenters. The molecule has 2 aliphatic heterocycles. The topological polar surface area (TPSA) is 69.4 Å². The number of nitrogens with one attached hydrogen (secondary N) is 1. The maximum absolute atomic E-state index is 10.1. The van der Waals surface area contributed by atoms with Crippen molar-refractivity contribution in [2.45, 2.75) is 25.9 Å². The molecule has 3 rings (SSSR count). The quantitative estimate of drug-likeness (QED) is 0.890. The molecule has 0 bridgehead atoms. The molecule has 0 spiro atoms. The number of rotatable bonds is 3. The summed E-state index contributed by atoms with van der Waals surface area (Å²) in [6.45, 7) is 3.80. The van der Waals surface area contributed by atoms with Gasteiger partial charge in [0.25, 0.3) is 0 Å². The molecule has 0 aromatic carbocycles. The van der Waals surface area contributed by atoms with E-state index in [0.717, 1.165) is 30.2 Å². The molecule has 2 aliphatic rings. The number of aliphatic hydroxyl groups is 1. The third-order valence-corrected chi connectivity index (χ3v) is 4.44. The maximum atomic E-state index is 10.1. The number of aromatic nitrogens is 1. The highest BCUT2D eigenvalue weighted by Gasteiger charge is 2.32. The van der Waals surface area contributed by atoms with Crippen LogP contribution in [-0.4, -0.2) is 46.6 Å². The highest BCUT2D eigenvalue weighted by molar-refractivity contribution is 7.11. The average molecular weight is 279 g/mol. The summed E-state index contributed by atoms with van der Waals surface area (Å²) in [6, 6.07) is 0. The maximum Gasteiger partial charge on any atom is 0.135 e. The van der Waals surface area contributed by atoms with E-state index in [-0.39, 0.29) is 11.9 Å². The van der Waals surface area contributed by atoms with Crippen LogP contribution in [-0.2, 0) is 4.74 Å². The number of thiazole rings is 1. The standard InChI is InChI=1S/C13H17N3O2S/c1-8-7-19-13(15-8)11-10(17)6-16(12(11)14)5-9-3-2-4-18-9/h7,9,14,17H,2-6H2,1H3/t9-/m1/s1. The number of hydrogen-bond acceptors (Lipinski definition) is 5. The van der Waals surface area contributed by atoms with Gasteiger partial charge in [0, 0.05) is 24.2 Å². The van der Waals surface area contributed by atoms with Crippen LogP contribution in [0.5, 0.6) is 0 Å². The van der Waals surface area contributed by atoms with Crippen LogP contribution >= 0.6 is 11.3 Å². The highest BCUT2D eigenvalue weighted by atomic mass is 32.1. The predicted molar refractivity (Wildman–Crippen MR) is 74.7 cm³/mol. The summed E-state index contributed by atoms with van der Waals surface area (Å²) >= 11 is 1.47. The lowest BCUT2D eigenvalue weighted by molar-refractivity contribution is 0.0924. The van der Waals surface area contributed by atoms with E-state index in [2.05, 4.69) is 4.98 Å². The number of hydrogen-bond donors (Lipinski definition) is 2. The summed E-state index contributed by atoms with van der Waals surface area (Å²) < 4.78 is 5.59. The molecular formula is C13H17N3O2S. The zero-order valence-electron chi connectivity index (χ0n) is 10.8. The molecule has 3 heterocycles. The van der Waals surface area contributed by atoms with Gasteiger partial charge in [-0.25, -0.2) is 4.98 Å². The van der Waals surface area contributed by atoms with Crippen molar-refractivity contribution in [2.75, 3.05) is 19.7 Å². The van der Waals surface area contributed by atoms with E-state index < -0.39 is 0 Å². The Bertz CT molecular complexity index is 532. The van der Waals surface area contributed by atoms with Gasteiger partial charge in [0.15, 0.2) is 0 Å². The van der Waals surface area contributed by atoms with E-state index in [9.17, 15) is 5.11 Å². The van der Waals surface area contributed by atoms with Gasteiger partial charge in [-0.3, -0.25) is 5.41 Å². The van der Waals surface area contributed by atoms with E-state index in [1.807, 2.05) is 17.2 Å². The third-order valence-electron chi connectivity index (χ3n) is 3.46. The number of aryl methyl sites for hydroxylation is 1. The van der Waals surface area contributed by atoms with E-state index in [0.29, 0.717) is 24.5 Å². The molecular weight excluding hydrogens is 262 g/mol. The first-order valence-electron chi connectivity index (χ1n) is 6.45. The number of aliphatic hydroxyl groups excluding tert-OH is 1. The molecule has 1 atom stereocenters. The van der Waals surface area contributed by atoms with Gasteiger partial charge in [-0.05, 0) is 19.8 Å². The summed E-state index contributed by atoms with van der Waals surface area (Å²) in [5.74, 6) is 0.611. The van der Waals surface area contributed by atoms with Gasteiger partial charge in [0.05, 0.1) is 18.2 Å². The fraction of sp³-hybridized carbons (Fsp3) is 0.538. The first-order chi connectivity index (χ1) is 9.15. The van der Waals surface area contributed by atoms with Crippen LogP contribution in [0.3, 0.4) is 0 Å². The Labute approximate surface area is 116 Å². The van der Waals surface area contributed by atoms with E-state index in [1.54, 1.807) is 0 Å². The number of amidine groups is 1. The summed E-state index contributed by atoms with van der Waals surface area (Å²) in [4.78, 5) is 6.23. The highest BCUT2D eigenvalue weighted by Crippen LogP contribution is 2.30. The smallest absolute Gasteiger partial charge is 0.135 e. The Morgan fingerprint density at radius 2 is 2.47 bits per heavy atom. The molecule has 1 fully saturated rings. The largest absolute Gasteiger partial charge is 0.510 e. The summed E-state index contributed by atoms with van der Waals surface area (Å²) in [5.41, 5.74) is 1.50. The predicted octanol–water partition coefficient (Wildman–Crippen LogP) is 2.19. The molecule has 0 radical (unpaired) electrons. The van der Waals surface area contributed by atoms with Gasteiger partial charge in [-0.2, -0.15) is 0 Å². The van der Waals surface area contributed by atoms with Crippen molar-refractivity contribution in [1.29, 1.82) is 5.41 Å². The van der Waals surface area contributed by atoms with Gasteiger partial charge in [0.2, 0.25) is 0 Å². The van der Waals surface area contributed by atoms with Crippen LogP contribution in [0.1, 0.15) is 23.5 Å². The Kier molecular flexibility index (Phi) is 3.28. The molecule has 5 nitrogen and oxygen atoms in total. The fourth-order valence-electron chi connectivity index (χ4n) is 2.52. The minimum atomic E-state index is 0.186.